The maximum absolute atomic E-state index is 10.7. The Bertz CT molecular complexity index is 377. The molecule has 0 spiro atoms. The van der Waals surface area contributed by atoms with Gasteiger partial charge in [-0.25, -0.2) is 0 Å². The number of aryl methyl sites for hydroxylation is 1. The Kier molecular flexibility index (Phi) is 4.25. The third kappa shape index (κ3) is 3.86. The quantitative estimate of drug-likeness (QED) is 0.611. The van der Waals surface area contributed by atoms with E-state index in [-0.39, 0.29) is 10.6 Å². The number of nitro benzene ring substituents is 1. The molecule has 0 saturated heterocycles. The fraction of sp³-hybridized carbons (Fsp3) is 0.455. The highest BCUT2D eigenvalue weighted by molar-refractivity contribution is 5.53. The van der Waals surface area contributed by atoms with Gasteiger partial charge in [0.15, 0.2) is 0 Å². The number of anilines is 1. The molecule has 5 nitrogen and oxygen atoms in total. The summed E-state index contributed by atoms with van der Waals surface area (Å²) in [5.74, 6) is 0. The van der Waals surface area contributed by atoms with Crippen LogP contribution in [0.25, 0.3) is 0 Å². The van der Waals surface area contributed by atoms with Gasteiger partial charge in [-0.1, -0.05) is 0 Å². The molecule has 0 aliphatic rings. The van der Waals surface area contributed by atoms with Crippen LogP contribution in [0.2, 0.25) is 0 Å². The Labute approximate surface area is 95.2 Å². The van der Waals surface area contributed by atoms with Crippen molar-refractivity contribution in [3.8, 4) is 0 Å². The average Bonchev–Trinajstić information content (AvgIpc) is 2.16. The summed E-state index contributed by atoms with van der Waals surface area (Å²) in [5.41, 5.74) is 1.82. The molecule has 0 unspecified atom stereocenters. The van der Waals surface area contributed by atoms with Crippen molar-refractivity contribution in [1.29, 1.82) is 0 Å². The third-order valence-electron chi connectivity index (χ3n) is 2.16. The number of benzene rings is 1. The summed E-state index contributed by atoms with van der Waals surface area (Å²) in [6.45, 7) is 3.51. The van der Waals surface area contributed by atoms with Crippen molar-refractivity contribution in [2.24, 2.45) is 0 Å². The second-order valence-electron chi connectivity index (χ2n) is 4.04. The lowest BCUT2D eigenvalue weighted by Gasteiger charge is -2.11. The van der Waals surface area contributed by atoms with Gasteiger partial charge in [0.05, 0.1) is 4.92 Å². The molecule has 0 aromatic heterocycles. The van der Waals surface area contributed by atoms with Crippen LogP contribution in [-0.4, -0.2) is 37.0 Å². The fourth-order valence-corrected chi connectivity index (χ4v) is 1.39. The normalized spacial score (nSPS) is 10.5. The molecule has 0 heterocycles. The Morgan fingerprint density at radius 2 is 2.06 bits per heavy atom. The molecule has 0 fully saturated rings. The molecule has 88 valence electrons. The van der Waals surface area contributed by atoms with E-state index in [9.17, 15) is 10.1 Å². The van der Waals surface area contributed by atoms with Crippen LogP contribution in [0.5, 0.6) is 0 Å². The Morgan fingerprint density at radius 3 is 2.62 bits per heavy atom. The van der Waals surface area contributed by atoms with Gasteiger partial charge in [-0.2, -0.15) is 0 Å². The van der Waals surface area contributed by atoms with E-state index in [2.05, 4.69) is 10.2 Å². The molecule has 1 aromatic carbocycles. The molecule has 16 heavy (non-hydrogen) atoms. The Hall–Kier alpha value is -1.62. The monoisotopic (exact) mass is 223 g/mol. The van der Waals surface area contributed by atoms with Gasteiger partial charge >= 0.3 is 0 Å². The Morgan fingerprint density at radius 1 is 1.38 bits per heavy atom. The van der Waals surface area contributed by atoms with Gasteiger partial charge in [-0.15, -0.1) is 0 Å². The van der Waals surface area contributed by atoms with Gasteiger partial charge in [0, 0.05) is 30.9 Å². The lowest BCUT2D eigenvalue weighted by molar-refractivity contribution is -0.384. The molecular weight excluding hydrogens is 206 g/mol. The second kappa shape index (κ2) is 5.46. The standard InChI is InChI=1S/C11H17N3O2/c1-9-6-10(12-4-5-13(2)3)8-11(7-9)14(15)16/h6-8,12H,4-5H2,1-3H3. The molecule has 0 radical (unpaired) electrons. The smallest absolute Gasteiger partial charge is 0.271 e. The zero-order valence-corrected chi connectivity index (χ0v) is 9.86. The molecule has 1 N–H and O–H groups in total. The predicted molar refractivity (Wildman–Crippen MR) is 64.9 cm³/mol. The topological polar surface area (TPSA) is 58.4 Å². The van der Waals surface area contributed by atoms with Crippen LogP contribution in [0.4, 0.5) is 11.4 Å². The lowest BCUT2D eigenvalue weighted by Crippen LogP contribution is -2.20. The van der Waals surface area contributed by atoms with Gasteiger partial charge in [0.1, 0.15) is 0 Å². The highest BCUT2D eigenvalue weighted by Crippen LogP contribution is 2.20. The van der Waals surface area contributed by atoms with Crippen LogP contribution in [-0.2, 0) is 0 Å². The highest BCUT2D eigenvalue weighted by atomic mass is 16.6. The van der Waals surface area contributed by atoms with Crippen molar-refractivity contribution >= 4 is 11.4 Å². The summed E-state index contributed by atoms with van der Waals surface area (Å²) in [7, 11) is 3.97. The number of hydrogen-bond donors (Lipinski definition) is 1. The van der Waals surface area contributed by atoms with Gasteiger partial charge in [-0.3, -0.25) is 10.1 Å². The molecule has 0 saturated carbocycles. The van der Waals surface area contributed by atoms with E-state index in [0.717, 1.165) is 24.3 Å². The lowest BCUT2D eigenvalue weighted by atomic mass is 10.2. The van der Waals surface area contributed by atoms with E-state index < -0.39 is 0 Å². The summed E-state index contributed by atoms with van der Waals surface area (Å²) >= 11 is 0. The van der Waals surface area contributed by atoms with Crippen LogP contribution < -0.4 is 5.32 Å². The fourth-order valence-electron chi connectivity index (χ4n) is 1.39. The van der Waals surface area contributed by atoms with Crippen LogP contribution in [0.1, 0.15) is 5.56 Å². The first-order chi connectivity index (χ1) is 7.49. The van der Waals surface area contributed by atoms with Crippen molar-refractivity contribution in [2.45, 2.75) is 6.92 Å². The van der Waals surface area contributed by atoms with E-state index in [1.165, 1.54) is 0 Å². The molecule has 0 aliphatic carbocycles. The molecule has 1 rings (SSSR count). The zero-order chi connectivity index (χ0) is 12.1. The summed E-state index contributed by atoms with van der Waals surface area (Å²) in [6, 6.07) is 5.03. The molecule has 5 heteroatoms. The van der Waals surface area contributed by atoms with E-state index >= 15 is 0 Å². The molecular formula is C11H17N3O2. The van der Waals surface area contributed by atoms with Crippen molar-refractivity contribution in [3.63, 3.8) is 0 Å². The minimum atomic E-state index is -0.371. The third-order valence-corrected chi connectivity index (χ3v) is 2.16. The van der Waals surface area contributed by atoms with Gasteiger partial charge < -0.3 is 10.2 Å². The first kappa shape index (κ1) is 12.4. The van der Waals surface area contributed by atoms with Crippen molar-refractivity contribution in [1.82, 2.24) is 4.90 Å². The number of hydrogen-bond acceptors (Lipinski definition) is 4. The average molecular weight is 223 g/mol. The first-order valence-corrected chi connectivity index (χ1v) is 5.14. The SMILES string of the molecule is Cc1cc(NCCN(C)C)cc([N+](=O)[O-])c1. The number of likely N-dealkylation sites (N-methyl/N-ethyl adjacent to an activating group) is 1. The van der Waals surface area contributed by atoms with Crippen LogP contribution in [0.15, 0.2) is 18.2 Å². The zero-order valence-electron chi connectivity index (χ0n) is 9.86. The highest BCUT2D eigenvalue weighted by Gasteiger charge is 2.07. The Balaban J connectivity index is 2.69. The second-order valence-corrected chi connectivity index (χ2v) is 4.04. The van der Waals surface area contributed by atoms with Crippen molar-refractivity contribution in [3.05, 3.63) is 33.9 Å². The first-order valence-electron chi connectivity index (χ1n) is 5.14. The maximum Gasteiger partial charge on any atom is 0.271 e. The van der Waals surface area contributed by atoms with E-state index in [0.29, 0.717) is 0 Å². The molecule has 0 amide bonds. The minimum Gasteiger partial charge on any atom is -0.384 e. The molecule has 0 atom stereocenters. The predicted octanol–water partition coefficient (Wildman–Crippen LogP) is 1.88. The molecule has 1 aromatic rings. The summed E-state index contributed by atoms with van der Waals surface area (Å²) < 4.78 is 0. The molecule has 0 aliphatic heterocycles. The van der Waals surface area contributed by atoms with Gasteiger partial charge in [-0.05, 0) is 32.6 Å². The van der Waals surface area contributed by atoms with Crippen molar-refractivity contribution < 1.29 is 4.92 Å². The number of rotatable bonds is 5. The summed E-state index contributed by atoms with van der Waals surface area (Å²) in [6.07, 6.45) is 0. The maximum atomic E-state index is 10.7. The van der Waals surface area contributed by atoms with Gasteiger partial charge in [0.25, 0.3) is 5.69 Å². The summed E-state index contributed by atoms with van der Waals surface area (Å²) in [5, 5.41) is 13.8. The van der Waals surface area contributed by atoms with Gasteiger partial charge in [0.2, 0.25) is 0 Å². The molecule has 0 bridgehead atoms. The number of nitrogens with zero attached hydrogens (tertiary/aromatic N) is 2. The number of nitrogens with one attached hydrogen (secondary N) is 1. The number of non-ortho nitro benzene ring substituents is 1. The minimum absolute atomic E-state index is 0.132. The summed E-state index contributed by atoms with van der Waals surface area (Å²) in [4.78, 5) is 12.3. The van der Waals surface area contributed by atoms with Crippen LogP contribution in [0.3, 0.4) is 0 Å². The number of nitro groups is 1. The van der Waals surface area contributed by atoms with Crippen LogP contribution in [0, 0.1) is 17.0 Å². The van der Waals surface area contributed by atoms with E-state index in [1.54, 1.807) is 12.1 Å². The van der Waals surface area contributed by atoms with Crippen molar-refractivity contribution in [2.75, 3.05) is 32.5 Å². The largest absolute Gasteiger partial charge is 0.384 e. The van der Waals surface area contributed by atoms with Crippen LogP contribution >= 0.6 is 0 Å². The van der Waals surface area contributed by atoms with E-state index in [1.807, 2.05) is 27.1 Å². The van der Waals surface area contributed by atoms with E-state index in [4.69, 9.17) is 0 Å².